The van der Waals surface area contributed by atoms with Gasteiger partial charge in [0.1, 0.15) is 0 Å². The fourth-order valence-corrected chi connectivity index (χ4v) is 3.90. The first-order valence-electron chi connectivity index (χ1n) is 9.55. The number of aromatic nitrogens is 1. The van der Waals surface area contributed by atoms with Gasteiger partial charge >= 0.3 is 0 Å². The first-order valence-corrected chi connectivity index (χ1v) is 9.55. The van der Waals surface area contributed by atoms with E-state index in [2.05, 4.69) is 27.3 Å². The number of hydrogen-bond donors (Lipinski definition) is 2. The van der Waals surface area contributed by atoms with Gasteiger partial charge in [-0.3, -0.25) is 4.79 Å². The molecule has 4 rings (SSSR count). The van der Waals surface area contributed by atoms with E-state index in [0.717, 1.165) is 23.2 Å². The third-order valence-electron chi connectivity index (χ3n) is 5.33. The fourth-order valence-electron chi connectivity index (χ4n) is 3.90. The van der Waals surface area contributed by atoms with Crippen LogP contribution in [0, 0.1) is 5.92 Å². The number of rotatable bonds is 4. The molecule has 0 unspecified atom stereocenters. The zero-order chi connectivity index (χ0) is 18.6. The Balaban J connectivity index is 1.55. The van der Waals surface area contributed by atoms with Gasteiger partial charge in [-0.2, -0.15) is 0 Å². The second-order valence-electron chi connectivity index (χ2n) is 7.28. The first-order chi connectivity index (χ1) is 13.2. The van der Waals surface area contributed by atoms with Crippen molar-refractivity contribution in [3.05, 3.63) is 59.7 Å². The molecule has 1 aromatic heterocycles. The number of aromatic hydroxyl groups is 1. The van der Waals surface area contributed by atoms with E-state index in [1.54, 1.807) is 24.3 Å². The van der Waals surface area contributed by atoms with E-state index in [-0.39, 0.29) is 5.88 Å². The fraction of sp³-hybridized carbons (Fsp3) is 0.318. The van der Waals surface area contributed by atoms with Gasteiger partial charge in [0.2, 0.25) is 5.88 Å². The van der Waals surface area contributed by atoms with Crippen LogP contribution in [0.1, 0.15) is 48.0 Å². The lowest BCUT2D eigenvalue weighted by molar-refractivity contribution is 0.0995. The van der Waals surface area contributed by atoms with Crippen LogP contribution in [0.25, 0.3) is 10.9 Å². The number of carbonyl (C=O) groups is 1. The molecule has 0 spiro atoms. The molecule has 3 aromatic rings. The molecular formula is C22H23N3O2. The molecule has 5 nitrogen and oxygen atoms in total. The minimum atomic E-state index is -0.432. The number of amides is 1. The quantitative estimate of drug-likeness (QED) is 0.566. The van der Waals surface area contributed by atoms with Crippen LogP contribution >= 0.6 is 0 Å². The van der Waals surface area contributed by atoms with Gasteiger partial charge in [-0.25, -0.2) is 0 Å². The van der Waals surface area contributed by atoms with Gasteiger partial charge in [-0.15, -0.1) is 10.2 Å². The van der Waals surface area contributed by atoms with Gasteiger partial charge in [0.15, 0.2) is 5.69 Å². The molecule has 1 amide bonds. The van der Waals surface area contributed by atoms with Crippen molar-refractivity contribution in [3.8, 4) is 5.88 Å². The third kappa shape index (κ3) is 3.92. The van der Waals surface area contributed by atoms with E-state index in [9.17, 15) is 9.90 Å². The summed E-state index contributed by atoms with van der Waals surface area (Å²) in [6.07, 6.45) is 7.69. The highest BCUT2D eigenvalue weighted by Gasteiger charge is 2.16. The molecule has 1 heterocycles. The van der Waals surface area contributed by atoms with Crippen LogP contribution < -0.4 is 0 Å². The van der Waals surface area contributed by atoms with E-state index >= 15 is 0 Å². The molecule has 0 aliphatic heterocycles. The van der Waals surface area contributed by atoms with Gasteiger partial charge in [0, 0.05) is 10.9 Å². The Labute approximate surface area is 158 Å². The van der Waals surface area contributed by atoms with Crippen LogP contribution in [0.5, 0.6) is 5.88 Å². The predicted octanol–water partition coefficient (Wildman–Crippen LogP) is 5.92. The second-order valence-corrected chi connectivity index (χ2v) is 7.28. The van der Waals surface area contributed by atoms with Gasteiger partial charge in [-0.1, -0.05) is 62.4 Å². The number of carbonyl (C=O) groups excluding carboxylic acids is 1. The van der Waals surface area contributed by atoms with Crippen molar-refractivity contribution >= 4 is 22.5 Å². The van der Waals surface area contributed by atoms with E-state index in [1.165, 1.54) is 37.7 Å². The van der Waals surface area contributed by atoms with Crippen LogP contribution in [0.4, 0.5) is 5.69 Å². The molecular weight excluding hydrogens is 338 g/mol. The SMILES string of the molecule is O=C(N=Nc1c(O)[nH]c2cc(CC3CCCCC3)ccc12)c1ccccc1. The van der Waals surface area contributed by atoms with E-state index in [4.69, 9.17) is 0 Å². The minimum absolute atomic E-state index is 0.0653. The smallest absolute Gasteiger partial charge is 0.295 e. The van der Waals surface area contributed by atoms with Crippen LogP contribution in [-0.4, -0.2) is 16.0 Å². The van der Waals surface area contributed by atoms with Crippen molar-refractivity contribution in [3.63, 3.8) is 0 Å². The predicted molar refractivity (Wildman–Crippen MR) is 106 cm³/mol. The summed E-state index contributed by atoms with van der Waals surface area (Å²) in [4.78, 5) is 15.1. The molecule has 1 aliphatic carbocycles. The Kier molecular flexibility index (Phi) is 5.01. The molecule has 0 bridgehead atoms. The Morgan fingerprint density at radius 1 is 1.07 bits per heavy atom. The number of aromatic amines is 1. The van der Waals surface area contributed by atoms with Crippen molar-refractivity contribution in [2.75, 3.05) is 0 Å². The maximum atomic E-state index is 12.1. The third-order valence-corrected chi connectivity index (χ3v) is 5.33. The Morgan fingerprint density at radius 3 is 2.63 bits per heavy atom. The summed E-state index contributed by atoms with van der Waals surface area (Å²) in [6.45, 7) is 0. The summed E-state index contributed by atoms with van der Waals surface area (Å²) in [5, 5.41) is 18.8. The minimum Gasteiger partial charge on any atom is -0.493 e. The summed E-state index contributed by atoms with van der Waals surface area (Å²) < 4.78 is 0. The Hall–Kier alpha value is -2.95. The highest BCUT2D eigenvalue weighted by atomic mass is 16.3. The van der Waals surface area contributed by atoms with Crippen LogP contribution in [0.2, 0.25) is 0 Å². The van der Waals surface area contributed by atoms with Crippen molar-refractivity contribution in [1.29, 1.82) is 0 Å². The zero-order valence-corrected chi connectivity index (χ0v) is 15.2. The van der Waals surface area contributed by atoms with Crippen molar-refractivity contribution in [1.82, 2.24) is 4.98 Å². The molecule has 0 radical (unpaired) electrons. The Morgan fingerprint density at radius 2 is 1.85 bits per heavy atom. The number of H-pyrrole nitrogens is 1. The van der Waals surface area contributed by atoms with E-state index in [1.807, 2.05) is 12.1 Å². The summed E-state index contributed by atoms with van der Waals surface area (Å²) in [5.41, 5.74) is 2.86. The molecule has 1 fully saturated rings. The second kappa shape index (κ2) is 7.74. The molecule has 2 N–H and O–H groups in total. The molecule has 0 saturated heterocycles. The monoisotopic (exact) mass is 361 g/mol. The largest absolute Gasteiger partial charge is 0.493 e. The topological polar surface area (TPSA) is 77.8 Å². The van der Waals surface area contributed by atoms with Crippen molar-refractivity contribution in [2.45, 2.75) is 38.5 Å². The van der Waals surface area contributed by atoms with Crippen LogP contribution in [0.3, 0.4) is 0 Å². The van der Waals surface area contributed by atoms with Crippen LogP contribution in [0.15, 0.2) is 58.8 Å². The Bertz CT molecular complexity index is 970. The summed E-state index contributed by atoms with van der Waals surface area (Å²) >= 11 is 0. The van der Waals surface area contributed by atoms with Gasteiger partial charge in [0.25, 0.3) is 5.91 Å². The molecule has 1 aliphatic rings. The van der Waals surface area contributed by atoms with Gasteiger partial charge < -0.3 is 10.1 Å². The lowest BCUT2D eigenvalue weighted by Crippen LogP contribution is -2.09. The highest BCUT2D eigenvalue weighted by Crippen LogP contribution is 2.36. The van der Waals surface area contributed by atoms with Gasteiger partial charge in [-0.05, 0) is 36.1 Å². The maximum absolute atomic E-state index is 12.1. The number of azo groups is 1. The molecule has 1 saturated carbocycles. The number of benzene rings is 2. The zero-order valence-electron chi connectivity index (χ0n) is 15.2. The molecule has 2 aromatic carbocycles. The summed E-state index contributed by atoms with van der Waals surface area (Å²) in [7, 11) is 0. The van der Waals surface area contributed by atoms with E-state index in [0.29, 0.717) is 11.3 Å². The molecule has 5 heteroatoms. The summed E-state index contributed by atoms with van der Waals surface area (Å²) in [5.74, 6) is 0.255. The lowest BCUT2D eigenvalue weighted by Gasteiger charge is -2.21. The van der Waals surface area contributed by atoms with E-state index < -0.39 is 5.91 Å². The average Bonchev–Trinajstić information content (AvgIpc) is 3.02. The normalized spacial score (nSPS) is 15.6. The number of nitrogens with zero attached hydrogens (tertiary/aromatic N) is 2. The molecule has 0 atom stereocenters. The molecule has 27 heavy (non-hydrogen) atoms. The maximum Gasteiger partial charge on any atom is 0.295 e. The summed E-state index contributed by atoms with van der Waals surface area (Å²) in [6, 6.07) is 14.9. The standard InChI is InChI=1S/C22H23N3O2/c26-21(17-9-5-2-6-10-17)25-24-20-18-12-11-16(14-19(18)23-22(20)27)13-15-7-3-1-4-8-15/h2,5-6,9-12,14-15,23,27H,1,3-4,7-8,13H2. The average molecular weight is 361 g/mol. The number of nitrogens with one attached hydrogen (secondary N) is 1. The highest BCUT2D eigenvalue weighted by molar-refractivity contribution is 5.97. The van der Waals surface area contributed by atoms with Gasteiger partial charge in [0.05, 0.1) is 5.52 Å². The first kappa shape index (κ1) is 17.5. The number of hydrogen-bond acceptors (Lipinski definition) is 3. The lowest BCUT2D eigenvalue weighted by atomic mass is 9.85. The number of fused-ring (bicyclic) bond motifs is 1. The molecule has 138 valence electrons. The van der Waals surface area contributed by atoms with Crippen molar-refractivity contribution in [2.24, 2.45) is 16.1 Å². The van der Waals surface area contributed by atoms with Crippen molar-refractivity contribution < 1.29 is 9.90 Å². The van der Waals surface area contributed by atoms with Crippen LogP contribution in [-0.2, 0) is 6.42 Å².